The molecule has 2 rings (SSSR count). The van der Waals surface area contributed by atoms with Crippen LogP contribution in [0.5, 0.6) is 0 Å². The molecule has 0 heterocycles. The Morgan fingerprint density at radius 3 is 2.69 bits per heavy atom. The van der Waals surface area contributed by atoms with Gasteiger partial charge in [-0.25, -0.2) is 4.39 Å². The minimum atomic E-state index is 0.00365. The molecule has 0 unspecified atom stereocenters. The summed E-state index contributed by atoms with van der Waals surface area (Å²) in [5.74, 6) is 0.509. The summed E-state index contributed by atoms with van der Waals surface area (Å²) in [7, 11) is 0. The van der Waals surface area contributed by atoms with Gasteiger partial charge in [-0.1, -0.05) is 38.3 Å². The van der Waals surface area contributed by atoms with Crippen molar-refractivity contribution in [2.24, 2.45) is 0 Å². The van der Waals surface area contributed by atoms with Gasteiger partial charge < -0.3 is 0 Å². The predicted octanol–water partition coefficient (Wildman–Crippen LogP) is 4.83. The third-order valence-electron chi connectivity index (χ3n) is 3.67. The van der Waals surface area contributed by atoms with Gasteiger partial charge in [0.2, 0.25) is 0 Å². The fourth-order valence-corrected chi connectivity index (χ4v) is 2.36. The Labute approximate surface area is 97.9 Å². The van der Waals surface area contributed by atoms with Gasteiger partial charge >= 0.3 is 0 Å². The second-order valence-electron chi connectivity index (χ2n) is 4.94. The standard InChI is InChI=1S/C15H21F/c1-2-3-4-6-12-9-10-15(16)14(11-12)13-7-5-8-13/h9-11,13H,2-8H2,1H3. The molecule has 0 aromatic heterocycles. The zero-order valence-corrected chi connectivity index (χ0v) is 10.1. The quantitative estimate of drug-likeness (QED) is 0.624. The minimum Gasteiger partial charge on any atom is -0.207 e. The van der Waals surface area contributed by atoms with Crippen molar-refractivity contribution in [1.82, 2.24) is 0 Å². The topological polar surface area (TPSA) is 0 Å². The van der Waals surface area contributed by atoms with Crippen LogP contribution >= 0.6 is 0 Å². The van der Waals surface area contributed by atoms with Crippen LogP contribution in [0.1, 0.15) is 62.5 Å². The van der Waals surface area contributed by atoms with E-state index in [0.29, 0.717) is 5.92 Å². The van der Waals surface area contributed by atoms with E-state index in [2.05, 4.69) is 13.0 Å². The van der Waals surface area contributed by atoms with Crippen molar-refractivity contribution in [3.05, 3.63) is 35.1 Å². The minimum absolute atomic E-state index is 0.00365. The molecule has 1 fully saturated rings. The summed E-state index contributed by atoms with van der Waals surface area (Å²) >= 11 is 0. The number of rotatable bonds is 5. The van der Waals surface area contributed by atoms with Gasteiger partial charge in [-0.3, -0.25) is 0 Å². The van der Waals surface area contributed by atoms with Crippen LogP contribution in [0.15, 0.2) is 18.2 Å². The predicted molar refractivity (Wildman–Crippen MR) is 66.2 cm³/mol. The molecule has 0 saturated heterocycles. The number of hydrogen-bond acceptors (Lipinski definition) is 0. The SMILES string of the molecule is CCCCCc1ccc(F)c(C2CCC2)c1. The molecule has 0 spiro atoms. The highest BCUT2D eigenvalue weighted by molar-refractivity contribution is 5.29. The molecule has 0 atom stereocenters. The van der Waals surface area contributed by atoms with E-state index in [0.717, 1.165) is 12.0 Å². The van der Waals surface area contributed by atoms with Crippen LogP contribution in [0.3, 0.4) is 0 Å². The zero-order chi connectivity index (χ0) is 11.4. The van der Waals surface area contributed by atoms with Gasteiger partial charge in [-0.15, -0.1) is 0 Å². The van der Waals surface area contributed by atoms with Crippen LogP contribution in [0.25, 0.3) is 0 Å². The first-order chi connectivity index (χ1) is 7.81. The first-order valence-electron chi connectivity index (χ1n) is 6.59. The maximum atomic E-state index is 13.6. The molecule has 88 valence electrons. The van der Waals surface area contributed by atoms with Crippen LogP contribution in [0.4, 0.5) is 4.39 Å². The first kappa shape index (κ1) is 11.6. The van der Waals surface area contributed by atoms with E-state index in [1.54, 1.807) is 6.07 Å². The van der Waals surface area contributed by atoms with Crippen molar-refractivity contribution < 1.29 is 4.39 Å². The van der Waals surface area contributed by atoms with Crippen molar-refractivity contribution in [2.75, 3.05) is 0 Å². The van der Waals surface area contributed by atoms with Gasteiger partial charge in [0.1, 0.15) is 5.82 Å². The van der Waals surface area contributed by atoms with Gasteiger partial charge in [-0.05, 0) is 48.8 Å². The average Bonchev–Trinajstić information content (AvgIpc) is 2.20. The van der Waals surface area contributed by atoms with Crippen LogP contribution in [-0.2, 0) is 6.42 Å². The summed E-state index contributed by atoms with van der Waals surface area (Å²) in [5, 5.41) is 0. The van der Waals surface area contributed by atoms with Gasteiger partial charge in [-0.2, -0.15) is 0 Å². The molecule has 1 aliphatic carbocycles. The molecule has 16 heavy (non-hydrogen) atoms. The summed E-state index contributed by atoms with van der Waals surface area (Å²) in [6.07, 6.45) is 8.47. The Morgan fingerprint density at radius 1 is 1.25 bits per heavy atom. The number of hydrogen-bond donors (Lipinski definition) is 0. The highest BCUT2D eigenvalue weighted by Gasteiger charge is 2.22. The second kappa shape index (κ2) is 5.47. The fraction of sp³-hybridized carbons (Fsp3) is 0.600. The first-order valence-corrected chi connectivity index (χ1v) is 6.59. The molecule has 0 radical (unpaired) electrons. The third-order valence-corrected chi connectivity index (χ3v) is 3.67. The number of aryl methyl sites for hydroxylation is 1. The van der Waals surface area contributed by atoms with Crippen molar-refractivity contribution in [3.8, 4) is 0 Å². The van der Waals surface area contributed by atoms with E-state index >= 15 is 0 Å². The van der Waals surface area contributed by atoms with Gasteiger partial charge in [0.05, 0.1) is 0 Å². The van der Waals surface area contributed by atoms with Crippen LogP contribution in [-0.4, -0.2) is 0 Å². The van der Waals surface area contributed by atoms with Crippen molar-refractivity contribution in [1.29, 1.82) is 0 Å². The molecule has 1 heteroatoms. The van der Waals surface area contributed by atoms with E-state index in [9.17, 15) is 4.39 Å². The molecule has 1 aliphatic rings. The van der Waals surface area contributed by atoms with Gasteiger partial charge in [0.15, 0.2) is 0 Å². The Hall–Kier alpha value is -0.850. The van der Waals surface area contributed by atoms with E-state index in [1.165, 1.54) is 44.1 Å². The monoisotopic (exact) mass is 220 g/mol. The number of benzene rings is 1. The Kier molecular flexibility index (Phi) is 3.98. The van der Waals surface area contributed by atoms with Gasteiger partial charge in [0.25, 0.3) is 0 Å². The lowest BCUT2D eigenvalue weighted by Crippen LogP contribution is -2.11. The van der Waals surface area contributed by atoms with E-state index in [1.807, 2.05) is 6.07 Å². The lowest BCUT2D eigenvalue weighted by molar-refractivity contribution is 0.404. The molecule has 1 aromatic carbocycles. The number of unbranched alkanes of at least 4 members (excludes halogenated alkanes) is 2. The maximum absolute atomic E-state index is 13.6. The normalized spacial score (nSPS) is 16.1. The summed E-state index contributed by atoms with van der Waals surface area (Å²) < 4.78 is 13.6. The van der Waals surface area contributed by atoms with E-state index in [-0.39, 0.29) is 5.82 Å². The highest BCUT2D eigenvalue weighted by atomic mass is 19.1. The molecule has 0 nitrogen and oxygen atoms in total. The van der Waals surface area contributed by atoms with E-state index < -0.39 is 0 Å². The Morgan fingerprint density at radius 2 is 2.06 bits per heavy atom. The van der Waals surface area contributed by atoms with Gasteiger partial charge in [0, 0.05) is 0 Å². The lowest BCUT2D eigenvalue weighted by Gasteiger charge is -2.26. The molecule has 0 bridgehead atoms. The summed E-state index contributed by atoms with van der Waals surface area (Å²) in [5.41, 5.74) is 2.29. The Balaban J connectivity index is 2.03. The van der Waals surface area contributed by atoms with Crippen molar-refractivity contribution >= 4 is 0 Å². The molecule has 0 N–H and O–H groups in total. The summed E-state index contributed by atoms with van der Waals surface area (Å²) in [6, 6.07) is 5.72. The fourth-order valence-electron chi connectivity index (χ4n) is 2.36. The Bertz CT molecular complexity index is 339. The van der Waals surface area contributed by atoms with E-state index in [4.69, 9.17) is 0 Å². The third kappa shape index (κ3) is 2.63. The highest BCUT2D eigenvalue weighted by Crippen LogP contribution is 2.37. The van der Waals surface area contributed by atoms with Crippen LogP contribution < -0.4 is 0 Å². The van der Waals surface area contributed by atoms with Crippen LogP contribution in [0, 0.1) is 5.82 Å². The smallest absolute Gasteiger partial charge is 0.126 e. The molecule has 1 saturated carbocycles. The van der Waals surface area contributed by atoms with Crippen LogP contribution in [0.2, 0.25) is 0 Å². The molecule has 0 aliphatic heterocycles. The number of halogens is 1. The maximum Gasteiger partial charge on any atom is 0.126 e. The zero-order valence-electron chi connectivity index (χ0n) is 10.1. The molecular weight excluding hydrogens is 199 g/mol. The molecule has 0 amide bonds. The van der Waals surface area contributed by atoms with Crippen molar-refractivity contribution in [3.63, 3.8) is 0 Å². The van der Waals surface area contributed by atoms with Crippen molar-refractivity contribution in [2.45, 2.75) is 57.8 Å². The average molecular weight is 220 g/mol. The largest absolute Gasteiger partial charge is 0.207 e. The second-order valence-corrected chi connectivity index (χ2v) is 4.94. The molecule has 1 aromatic rings. The summed E-state index contributed by atoms with van der Waals surface area (Å²) in [4.78, 5) is 0. The molecular formula is C15H21F. The lowest BCUT2D eigenvalue weighted by atomic mass is 9.79. The summed E-state index contributed by atoms with van der Waals surface area (Å²) in [6.45, 7) is 2.21.